The van der Waals surface area contributed by atoms with Crippen molar-refractivity contribution in [2.75, 3.05) is 0 Å². The predicted octanol–water partition coefficient (Wildman–Crippen LogP) is 0.337. The Bertz CT molecular complexity index is 342. The SMILES string of the molecule is CC(=O)/C=C(/C)[O-].CC(=O)/C=C(/C)[O-].CC/C=C(/C)[O-].[Fe+3]. The maximum absolute atomic E-state index is 9.99. The zero-order valence-electron chi connectivity index (χ0n) is 13.3. The molecule has 0 aliphatic carbocycles. The number of rotatable bonds is 3. The zero-order chi connectivity index (χ0) is 16.7. The second-order valence-corrected chi connectivity index (χ2v) is 3.95. The maximum atomic E-state index is 9.99. The third-order valence-corrected chi connectivity index (χ3v) is 1.30. The summed E-state index contributed by atoms with van der Waals surface area (Å²) in [5, 5.41) is 29.9. The largest absolute Gasteiger partial charge is 3.00 e. The molecule has 6 heteroatoms. The molecule has 0 saturated heterocycles. The Hall–Kier alpha value is -1.52. The van der Waals surface area contributed by atoms with Crippen molar-refractivity contribution in [3.05, 3.63) is 35.5 Å². The second kappa shape index (κ2) is 18.5. The maximum Gasteiger partial charge on any atom is 3.00 e. The third kappa shape index (κ3) is 55.8. The number of ketones is 2. The van der Waals surface area contributed by atoms with E-state index in [0.717, 1.165) is 18.6 Å². The molecular weight excluding hydrogens is 316 g/mol. The standard InChI is InChI=1S/2C5H8O2.C5H10O.Fe/c2*1-4(6)3-5(2)7;1-3-4-5(2)6;/h2*3,6H,1-2H3;4,6H,3H2,1-2H3;/q;;;+3/p-3/b2*4-3-;5-4-;. The molecule has 0 aromatic carbocycles. The number of carbonyl (C=O) groups is 2. The molecule has 0 atom stereocenters. The van der Waals surface area contributed by atoms with Crippen molar-refractivity contribution in [3.63, 3.8) is 0 Å². The molecule has 5 nitrogen and oxygen atoms in total. The van der Waals surface area contributed by atoms with Gasteiger partial charge < -0.3 is 15.3 Å². The molecule has 0 aliphatic rings. The van der Waals surface area contributed by atoms with Crippen molar-refractivity contribution in [1.82, 2.24) is 0 Å². The van der Waals surface area contributed by atoms with Crippen molar-refractivity contribution in [2.24, 2.45) is 0 Å². The molecule has 0 aliphatic heterocycles. The molecule has 0 rings (SSSR count). The van der Waals surface area contributed by atoms with Crippen LogP contribution in [0.3, 0.4) is 0 Å². The van der Waals surface area contributed by atoms with Gasteiger partial charge in [-0.3, -0.25) is 9.59 Å². The van der Waals surface area contributed by atoms with E-state index in [0.29, 0.717) is 0 Å². The first-order chi connectivity index (χ1) is 9.02. The molecule has 0 fully saturated rings. The van der Waals surface area contributed by atoms with Crippen LogP contribution in [0.15, 0.2) is 35.5 Å². The average Bonchev–Trinajstić information content (AvgIpc) is 2.13. The normalized spacial score (nSPS) is 11.0. The monoisotopic (exact) mass is 339 g/mol. The van der Waals surface area contributed by atoms with E-state index in [1.54, 1.807) is 13.0 Å². The molecule has 0 amide bonds. The smallest absolute Gasteiger partial charge is 0.876 e. The first-order valence-corrected chi connectivity index (χ1v) is 6.08. The van der Waals surface area contributed by atoms with Gasteiger partial charge in [-0.15, -0.1) is 17.3 Å². The van der Waals surface area contributed by atoms with Crippen LogP contribution in [0.4, 0.5) is 0 Å². The van der Waals surface area contributed by atoms with Gasteiger partial charge in [-0.05, 0) is 32.4 Å². The summed E-state index contributed by atoms with van der Waals surface area (Å²) in [6, 6.07) is 0. The van der Waals surface area contributed by atoms with Gasteiger partial charge in [0.2, 0.25) is 0 Å². The Kier molecular flexibility index (Phi) is 24.4. The first kappa shape index (κ1) is 27.8. The Morgan fingerprint density at radius 2 is 1.05 bits per heavy atom. The summed E-state index contributed by atoms with van der Waals surface area (Å²) in [5.74, 6) is -0.586. The van der Waals surface area contributed by atoms with E-state index in [1.165, 1.54) is 27.7 Å². The molecule has 21 heavy (non-hydrogen) atoms. The molecule has 0 aromatic heterocycles. The molecule has 0 N–H and O–H groups in total. The predicted molar refractivity (Wildman–Crippen MR) is 72.9 cm³/mol. The Labute approximate surface area is 137 Å². The molecule has 0 bridgehead atoms. The minimum Gasteiger partial charge on any atom is -0.876 e. The van der Waals surface area contributed by atoms with Crippen LogP contribution in [0.5, 0.6) is 0 Å². The van der Waals surface area contributed by atoms with E-state index in [4.69, 9.17) is 0 Å². The van der Waals surface area contributed by atoms with Crippen LogP contribution in [0.1, 0.15) is 48.0 Å². The zero-order valence-corrected chi connectivity index (χ0v) is 14.4. The van der Waals surface area contributed by atoms with Crippen molar-refractivity contribution < 1.29 is 42.0 Å². The molecule has 0 saturated carbocycles. The summed E-state index contributed by atoms with van der Waals surface area (Å²) in [4.78, 5) is 20.0. The van der Waals surface area contributed by atoms with Crippen molar-refractivity contribution >= 4 is 11.6 Å². The van der Waals surface area contributed by atoms with Crippen molar-refractivity contribution in [1.29, 1.82) is 0 Å². The average molecular weight is 339 g/mol. The molecule has 0 aromatic rings. The Morgan fingerprint density at radius 1 is 0.762 bits per heavy atom. The minimum absolute atomic E-state index is 0. The van der Waals surface area contributed by atoms with Gasteiger partial charge in [0, 0.05) is 0 Å². The molecule has 0 unspecified atom stereocenters. The fraction of sp³-hybridized carbons (Fsp3) is 0.467. The van der Waals surface area contributed by atoms with Crippen LogP contribution in [-0.2, 0) is 26.7 Å². The van der Waals surface area contributed by atoms with Crippen LogP contribution >= 0.6 is 0 Å². The molecular formula is C15H23FeO5. The molecule has 0 spiro atoms. The summed E-state index contributed by atoms with van der Waals surface area (Å²) in [6.45, 7) is 8.90. The van der Waals surface area contributed by atoms with Gasteiger partial charge in [-0.2, -0.15) is 0 Å². The Balaban J connectivity index is -0.000000101. The summed E-state index contributed by atoms with van der Waals surface area (Å²) < 4.78 is 0. The number of allylic oxidation sites excluding steroid dienone is 6. The van der Waals surface area contributed by atoms with Gasteiger partial charge in [0.25, 0.3) is 0 Å². The summed E-state index contributed by atoms with van der Waals surface area (Å²) >= 11 is 0. The second-order valence-electron chi connectivity index (χ2n) is 3.95. The van der Waals surface area contributed by atoms with E-state index in [1.807, 2.05) is 6.92 Å². The molecule has 0 heterocycles. The fourth-order valence-electron chi connectivity index (χ4n) is 0.860. The molecule has 121 valence electrons. The van der Waals surface area contributed by atoms with Gasteiger partial charge in [0.05, 0.1) is 0 Å². The number of carbonyl (C=O) groups excluding carboxylic acids is 2. The van der Waals surface area contributed by atoms with Crippen LogP contribution < -0.4 is 15.3 Å². The van der Waals surface area contributed by atoms with E-state index in [2.05, 4.69) is 0 Å². The van der Waals surface area contributed by atoms with Crippen molar-refractivity contribution in [3.8, 4) is 0 Å². The van der Waals surface area contributed by atoms with E-state index < -0.39 is 0 Å². The van der Waals surface area contributed by atoms with Gasteiger partial charge in [0.1, 0.15) is 0 Å². The van der Waals surface area contributed by atoms with E-state index in [9.17, 15) is 24.9 Å². The van der Waals surface area contributed by atoms with Gasteiger partial charge in [-0.1, -0.05) is 33.8 Å². The number of hydrogen-bond donors (Lipinski definition) is 0. The quantitative estimate of drug-likeness (QED) is 0.419. The van der Waals surface area contributed by atoms with Crippen LogP contribution in [0.2, 0.25) is 0 Å². The van der Waals surface area contributed by atoms with Crippen molar-refractivity contribution in [2.45, 2.75) is 48.0 Å². The van der Waals surface area contributed by atoms with Gasteiger partial charge in [0.15, 0.2) is 11.6 Å². The summed E-state index contributed by atoms with van der Waals surface area (Å²) in [6.07, 6.45) is 4.62. The van der Waals surface area contributed by atoms with Crippen LogP contribution in [0, 0.1) is 0 Å². The van der Waals surface area contributed by atoms with E-state index >= 15 is 0 Å². The van der Waals surface area contributed by atoms with Crippen LogP contribution in [0.25, 0.3) is 0 Å². The number of hydrogen-bond acceptors (Lipinski definition) is 5. The minimum atomic E-state index is -0.187. The van der Waals surface area contributed by atoms with Crippen LogP contribution in [-0.4, -0.2) is 11.6 Å². The van der Waals surface area contributed by atoms with Gasteiger partial charge in [-0.25, -0.2) is 0 Å². The summed E-state index contributed by atoms with van der Waals surface area (Å²) in [7, 11) is 0. The van der Waals surface area contributed by atoms with Gasteiger partial charge >= 0.3 is 17.1 Å². The topological polar surface area (TPSA) is 103 Å². The fourth-order valence-corrected chi connectivity index (χ4v) is 0.860. The molecule has 1 radical (unpaired) electrons. The first-order valence-electron chi connectivity index (χ1n) is 6.08. The Morgan fingerprint density at radius 3 is 1.05 bits per heavy atom. The summed E-state index contributed by atoms with van der Waals surface area (Å²) in [5.41, 5.74) is 0. The third-order valence-electron chi connectivity index (χ3n) is 1.30. The van der Waals surface area contributed by atoms with E-state index in [-0.39, 0.29) is 45.9 Å².